The molecule has 2 heterocycles. The molecule has 0 spiro atoms. The Labute approximate surface area is 125 Å². The first-order chi connectivity index (χ1) is 9.94. The molecule has 1 aromatic heterocycles. The van der Waals surface area contributed by atoms with Crippen LogP contribution in [-0.2, 0) is 22.6 Å². The van der Waals surface area contributed by atoms with Crippen LogP contribution in [0, 0.1) is 0 Å². The van der Waals surface area contributed by atoms with Gasteiger partial charge in [0.1, 0.15) is 5.60 Å². The first kappa shape index (κ1) is 15.8. The molecule has 1 aliphatic rings. The summed E-state index contributed by atoms with van der Waals surface area (Å²) >= 11 is 0. The summed E-state index contributed by atoms with van der Waals surface area (Å²) in [5.74, 6) is 0. The molecule has 6 nitrogen and oxygen atoms in total. The summed E-state index contributed by atoms with van der Waals surface area (Å²) in [6.45, 7) is 7.56. The van der Waals surface area contributed by atoms with Crippen molar-refractivity contribution in [1.29, 1.82) is 0 Å². The summed E-state index contributed by atoms with van der Waals surface area (Å²) in [5.41, 5.74) is 0.468. The van der Waals surface area contributed by atoms with Crippen LogP contribution in [0.25, 0.3) is 0 Å². The largest absolute Gasteiger partial charge is 0.444 e. The Hall–Kier alpha value is -1.56. The quantitative estimate of drug-likeness (QED) is 0.926. The van der Waals surface area contributed by atoms with Crippen LogP contribution < -0.4 is 5.32 Å². The minimum absolute atomic E-state index is 0.244. The maximum Gasteiger partial charge on any atom is 0.407 e. The molecule has 1 amide bonds. The highest BCUT2D eigenvalue weighted by atomic mass is 16.6. The number of carbonyl (C=O) groups is 1. The van der Waals surface area contributed by atoms with E-state index in [0.717, 1.165) is 31.7 Å². The van der Waals surface area contributed by atoms with E-state index in [1.54, 1.807) is 12.5 Å². The fraction of sp³-hybridized carbons (Fsp3) is 0.733. The standard InChI is InChI=1S/C15H25N3O3/c1-15(2,3)21-14(19)17-9-12-8-16-11-18(12)10-13-6-4-5-7-20-13/h8,11,13H,4-7,9-10H2,1-3H3,(H,17,19). The Kier molecular flexibility index (Phi) is 5.22. The highest BCUT2D eigenvalue weighted by Crippen LogP contribution is 2.15. The van der Waals surface area contributed by atoms with E-state index in [2.05, 4.69) is 10.3 Å². The first-order valence-corrected chi connectivity index (χ1v) is 7.51. The molecular weight excluding hydrogens is 270 g/mol. The molecule has 6 heteroatoms. The molecule has 0 aromatic carbocycles. The van der Waals surface area contributed by atoms with Crippen molar-refractivity contribution in [1.82, 2.24) is 14.9 Å². The number of nitrogens with one attached hydrogen (secondary N) is 1. The maximum atomic E-state index is 11.7. The third kappa shape index (κ3) is 5.38. The van der Waals surface area contributed by atoms with Gasteiger partial charge in [-0.1, -0.05) is 0 Å². The summed E-state index contributed by atoms with van der Waals surface area (Å²) in [7, 11) is 0. The van der Waals surface area contributed by atoms with Gasteiger partial charge in [0.25, 0.3) is 0 Å². The minimum Gasteiger partial charge on any atom is -0.444 e. The zero-order valence-corrected chi connectivity index (χ0v) is 13.1. The molecule has 0 saturated carbocycles. The van der Waals surface area contributed by atoms with Gasteiger partial charge in [0.05, 0.1) is 31.2 Å². The lowest BCUT2D eigenvalue weighted by Crippen LogP contribution is -2.33. The normalized spacial score (nSPS) is 19.3. The van der Waals surface area contributed by atoms with Gasteiger partial charge in [-0.25, -0.2) is 9.78 Å². The lowest BCUT2D eigenvalue weighted by molar-refractivity contribution is 0.00551. The summed E-state index contributed by atoms with van der Waals surface area (Å²) in [4.78, 5) is 15.8. The number of imidazole rings is 1. The number of rotatable bonds is 4. The molecule has 2 rings (SSSR count). The van der Waals surface area contributed by atoms with Crippen LogP contribution in [0.15, 0.2) is 12.5 Å². The number of alkyl carbamates (subject to hydrolysis) is 1. The predicted octanol–water partition coefficient (Wildman–Crippen LogP) is 2.48. The fourth-order valence-electron chi connectivity index (χ4n) is 2.31. The van der Waals surface area contributed by atoms with E-state index < -0.39 is 11.7 Å². The molecule has 21 heavy (non-hydrogen) atoms. The van der Waals surface area contributed by atoms with Crippen molar-refractivity contribution in [2.75, 3.05) is 6.61 Å². The summed E-state index contributed by atoms with van der Waals surface area (Å²) < 4.78 is 13.0. The average Bonchev–Trinajstić information content (AvgIpc) is 2.83. The second-order valence-electron chi connectivity index (χ2n) is 6.38. The third-order valence-electron chi connectivity index (χ3n) is 3.29. The van der Waals surface area contributed by atoms with Gasteiger partial charge < -0.3 is 19.4 Å². The highest BCUT2D eigenvalue weighted by Gasteiger charge is 2.18. The van der Waals surface area contributed by atoms with E-state index in [1.807, 2.05) is 25.3 Å². The van der Waals surface area contributed by atoms with Crippen LogP contribution in [0.5, 0.6) is 0 Å². The van der Waals surface area contributed by atoms with E-state index in [4.69, 9.17) is 9.47 Å². The molecule has 1 N–H and O–H groups in total. The summed E-state index contributed by atoms with van der Waals surface area (Å²) in [6, 6.07) is 0. The molecule has 1 saturated heterocycles. The van der Waals surface area contributed by atoms with E-state index in [1.165, 1.54) is 6.42 Å². The lowest BCUT2D eigenvalue weighted by Gasteiger charge is -2.24. The van der Waals surface area contributed by atoms with Crippen molar-refractivity contribution in [3.05, 3.63) is 18.2 Å². The molecule has 1 fully saturated rings. The Balaban J connectivity index is 1.84. The van der Waals surface area contributed by atoms with Gasteiger partial charge in [0.15, 0.2) is 0 Å². The van der Waals surface area contributed by atoms with Gasteiger partial charge in [0, 0.05) is 12.8 Å². The molecule has 1 atom stereocenters. The molecule has 1 aliphatic heterocycles. The first-order valence-electron chi connectivity index (χ1n) is 7.51. The van der Waals surface area contributed by atoms with Crippen molar-refractivity contribution in [3.8, 4) is 0 Å². The van der Waals surface area contributed by atoms with Crippen LogP contribution in [0.1, 0.15) is 45.7 Å². The Morgan fingerprint density at radius 1 is 1.52 bits per heavy atom. The molecule has 0 bridgehead atoms. The maximum absolute atomic E-state index is 11.7. The zero-order valence-electron chi connectivity index (χ0n) is 13.1. The number of ether oxygens (including phenoxy) is 2. The van der Waals surface area contributed by atoms with Crippen molar-refractivity contribution in [3.63, 3.8) is 0 Å². The van der Waals surface area contributed by atoms with Gasteiger partial charge in [0.2, 0.25) is 0 Å². The second-order valence-corrected chi connectivity index (χ2v) is 6.38. The number of hydrogen-bond donors (Lipinski definition) is 1. The third-order valence-corrected chi connectivity index (χ3v) is 3.29. The van der Waals surface area contributed by atoms with Gasteiger partial charge in [-0.15, -0.1) is 0 Å². The zero-order chi connectivity index (χ0) is 15.3. The minimum atomic E-state index is -0.486. The Morgan fingerprint density at radius 2 is 2.33 bits per heavy atom. The highest BCUT2D eigenvalue weighted by molar-refractivity contribution is 5.67. The van der Waals surface area contributed by atoms with E-state index in [0.29, 0.717) is 6.54 Å². The Bertz CT molecular complexity index is 459. The average molecular weight is 295 g/mol. The van der Waals surface area contributed by atoms with E-state index in [9.17, 15) is 4.79 Å². The smallest absolute Gasteiger partial charge is 0.407 e. The van der Waals surface area contributed by atoms with Gasteiger partial charge >= 0.3 is 6.09 Å². The predicted molar refractivity (Wildman–Crippen MR) is 78.9 cm³/mol. The molecule has 1 unspecified atom stereocenters. The van der Waals surface area contributed by atoms with Crippen LogP contribution in [0.4, 0.5) is 4.79 Å². The van der Waals surface area contributed by atoms with Crippen molar-refractivity contribution >= 4 is 6.09 Å². The summed E-state index contributed by atoms with van der Waals surface area (Å²) in [5, 5.41) is 2.76. The number of aromatic nitrogens is 2. The van der Waals surface area contributed by atoms with Crippen molar-refractivity contribution in [2.24, 2.45) is 0 Å². The van der Waals surface area contributed by atoms with E-state index in [-0.39, 0.29) is 6.10 Å². The second kappa shape index (κ2) is 6.93. The number of amides is 1. The molecular formula is C15H25N3O3. The topological polar surface area (TPSA) is 65.4 Å². The SMILES string of the molecule is CC(C)(C)OC(=O)NCc1cncn1CC1CCCCO1. The van der Waals surface area contributed by atoms with E-state index >= 15 is 0 Å². The number of carbonyl (C=O) groups excluding carboxylic acids is 1. The molecule has 118 valence electrons. The van der Waals surface area contributed by atoms with Crippen LogP contribution >= 0.6 is 0 Å². The van der Waals surface area contributed by atoms with Crippen molar-refractivity contribution in [2.45, 2.75) is 64.8 Å². The Morgan fingerprint density at radius 3 is 3.00 bits per heavy atom. The van der Waals surface area contributed by atoms with Gasteiger partial charge in [-0.05, 0) is 40.0 Å². The fourth-order valence-corrected chi connectivity index (χ4v) is 2.31. The molecule has 1 aromatic rings. The van der Waals surface area contributed by atoms with Crippen molar-refractivity contribution < 1.29 is 14.3 Å². The molecule has 0 aliphatic carbocycles. The summed E-state index contributed by atoms with van der Waals surface area (Å²) in [6.07, 6.45) is 6.82. The van der Waals surface area contributed by atoms with Crippen LogP contribution in [0.3, 0.4) is 0 Å². The number of nitrogens with zero attached hydrogens (tertiary/aromatic N) is 2. The lowest BCUT2D eigenvalue weighted by atomic mass is 10.1. The van der Waals surface area contributed by atoms with Gasteiger partial charge in [-0.2, -0.15) is 0 Å². The van der Waals surface area contributed by atoms with Crippen LogP contribution in [-0.4, -0.2) is 34.0 Å². The number of hydrogen-bond acceptors (Lipinski definition) is 4. The molecule has 0 radical (unpaired) electrons. The monoisotopic (exact) mass is 295 g/mol. The van der Waals surface area contributed by atoms with Crippen LogP contribution in [0.2, 0.25) is 0 Å². The van der Waals surface area contributed by atoms with Gasteiger partial charge in [-0.3, -0.25) is 0 Å².